The summed E-state index contributed by atoms with van der Waals surface area (Å²) < 4.78 is 23.4. The van der Waals surface area contributed by atoms with Crippen molar-refractivity contribution in [2.24, 2.45) is 0 Å². The number of aryl methyl sites for hydroxylation is 1. The highest BCUT2D eigenvalue weighted by Crippen LogP contribution is 2.15. The predicted molar refractivity (Wildman–Crippen MR) is 91.2 cm³/mol. The lowest BCUT2D eigenvalue weighted by Gasteiger charge is -2.09. The van der Waals surface area contributed by atoms with Crippen molar-refractivity contribution in [3.05, 3.63) is 59.7 Å². The second kappa shape index (κ2) is 7.28. The van der Waals surface area contributed by atoms with Gasteiger partial charge in [-0.3, -0.25) is 0 Å². The first-order valence-corrected chi connectivity index (χ1v) is 8.99. The minimum atomic E-state index is -3.22. The highest BCUT2D eigenvalue weighted by molar-refractivity contribution is 7.91. The number of carbonyl (C=O) groups excluding carboxylic acids is 1. The molecule has 0 saturated carbocycles. The number of carbonyl (C=O) groups is 1. The molecule has 0 saturated heterocycles. The summed E-state index contributed by atoms with van der Waals surface area (Å²) in [5, 5.41) is 5.43. The van der Waals surface area contributed by atoms with Crippen molar-refractivity contribution in [1.82, 2.24) is 5.32 Å². The van der Waals surface area contributed by atoms with Gasteiger partial charge in [-0.1, -0.05) is 36.8 Å². The van der Waals surface area contributed by atoms with Crippen molar-refractivity contribution in [2.45, 2.75) is 25.3 Å². The summed E-state index contributed by atoms with van der Waals surface area (Å²) in [5.41, 5.74) is 2.72. The summed E-state index contributed by atoms with van der Waals surface area (Å²) >= 11 is 0. The van der Waals surface area contributed by atoms with Gasteiger partial charge in [-0.25, -0.2) is 13.2 Å². The fourth-order valence-electron chi connectivity index (χ4n) is 1.98. The third-order valence-corrected chi connectivity index (χ3v) is 5.18. The summed E-state index contributed by atoms with van der Waals surface area (Å²) in [5.74, 6) is 0.0524. The number of nitrogens with one attached hydrogen (secondary N) is 2. The van der Waals surface area contributed by atoms with Gasteiger partial charge in [-0.15, -0.1) is 0 Å². The smallest absolute Gasteiger partial charge is 0.319 e. The van der Waals surface area contributed by atoms with Crippen LogP contribution in [0.3, 0.4) is 0 Å². The van der Waals surface area contributed by atoms with Crippen LogP contribution in [0.15, 0.2) is 53.4 Å². The van der Waals surface area contributed by atoms with Crippen LogP contribution >= 0.6 is 0 Å². The lowest BCUT2D eigenvalue weighted by atomic mass is 10.1. The zero-order chi connectivity index (χ0) is 16.9. The predicted octanol–water partition coefficient (Wildman–Crippen LogP) is 3.11. The van der Waals surface area contributed by atoms with E-state index in [2.05, 4.69) is 10.6 Å². The van der Waals surface area contributed by atoms with E-state index in [0.29, 0.717) is 12.2 Å². The molecule has 0 aliphatic rings. The molecule has 0 heterocycles. The Bertz CT molecular complexity index is 766. The Morgan fingerprint density at radius 2 is 1.61 bits per heavy atom. The number of rotatable bonds is 5. The zero-order valence-electron chi connectivity index (χ0n) is 13.2. The van der Waals surface area contributed by atoms with E-state index in [1.165, 1.54) is 17.7 Å². The molecule has 122 valence electrons. The van der Waals surface area contributed by atoms with Crippen molar-refractivity contribution in [3.8, 4) is 0 Å². The molecule has 2 amide bonds. The maximum Gasteiger partial charge on any atom is 0.319 e. The normalized spacial score (nSPS) is 11.0. The molecule has 0 bridgehead atoms. The number of sulfone groups is 1. The van der Waals surface area contributed by atoms with Gasteiger partial charge in [0.25, 0.3) is 0 Å². The van der Waals surface area contributed by atoms with E-state index in [0.717, 1.165) is 5.56 Å². The van der Waals surface area contributed by atoms with Gasteiger partial charge in [0.15, 0.2) is 9.84 Å². The van der Waals surface area contributed by atoms with Crippen LogP contribution in [0.5, 0.6) is 0 Å². The van der Waals surface area contributed by atoms with Gasteiger partial charge in [0.1, 0.15) is 0 Å². The summed E-state index contributed by atoms with van der Waals surface area (Å²) in [6.45, 7) is 4.03. The number of urea groups is 1. The average Bonchev–Trinajstić information content (AvgIpc) is 2.55. The Hall–Kier alpha value is -2.34. The van der Waals surface area contributed by atoms with Gasteiger partial charge in [0.2, 0.25) is 0 Å². The van der Waals surface area contributed by atoms with Gasteiger partial charge in [-0.05, 0) is 36.8 Å². The quantitative estimate of drug-likeness (QED) is 0.883. The number of benzene rings is 2. The molecular weight excluding hydrogens is 312 g/mol. The molecule has 0 atom stereocenters. The first-order valence-electron chi connectivity index (χ1n) is 7.34. The minimum absolute atomic E-state index is 0.0524. The van der Waals surface area contributed by atoms with Crippen LogP contribution in [-0.4, -0.2) is 20.2 Å². The molecule has 0 radical (unpaired) electrons. The fraction of sp³-hybridized carbons (Fsp3) is 0.235. The molecule has 0 unspecified atom stereocenters. The van der Waals surface area contributed by atoms with E-state index in [-0.39, 0.29) is 16.7 Å². The molecule has 2 aromatic carbocycles. The van der Waals surface area contributed by atoms with E-state index in [4.69, 9.17) is 0 Å². The van der Waals surface area contributed by atoms with Crippen LogP contribution in [-0.2, 0) is 16.4 Å². The molecule has 0 fully saturated rings. The first kappa shape index (κ1) is 17.0. The summed E-state index contributed by atoms with van der Waals surface area (Å²) in [6.07, 6.45) is 0. The molecule has 23 heavy (non-hydrogen) atoms. The molecular formula is C17H20N2O3S. The second-order valence-electron chi connectivity index (χ2n) is 5.22. The molecule has 0 aliphatic heterocycles. The summed E-state index contributed by atoms with van der Waals surface area (Å²) in [4.78, 5) is 12.1. The Morgan fingerprint density at radius 1 is 1.00 bits per heavy atom. The first-order chi connectivity index (χ1) is 10.9. The van der Waals surface area contributed by atoms with Crippen LogP contribution in [0.2, 0.25) is 0 Å². The van der Waals surface area contributed by atoms with E-state index in [1.807, 2.05) is 31.2 Å². The van der Waals surface area contributed by atoms with E-state index in [1.54, 1.807) is 19.1 Å². The molecule has 2 rings (SSSR count). The Kier molecular flexibility index (Phi) is 5.39. The Morgan fingerprint density at radius 3 is 2.17 bits per heavy atom. The van der Waals surface area contributed by atoms with E-state index < -0.39 is 9.84 Å². The molecule has 6 heteroatoms. The second-order valence-corrected chi connectivity index (χ2v) is 7.50. The summed E-state index contributed by atoms with van der Waals surface area (Å²) in [7, 11) is -3.22. The highest BCUT2D eigenvalue weighted by atomic mass is 32.2. The molecule has 0 aliphatic carbocycles. The van der Waals surface area contributed by atoms with Crippen molar-refractivity contribution in [2.75, 3.05) is 11.1 Å². The van der Waals surface area contributed by atoms with Gasteiger partial charge in [-0.2, -0.15) is 0 Å². The van der Waals surface area contributed by atoms with Gasteiger partial charge >= 0.3 is 6.03 Å². The van der Waals surface area contributed by atoms with Gasteiger partial charge in [0.05, 0.1) is 10.6 Å². The molecule has 2 N–H and O–H groups in total. The van der Waals surface area contributed by atoms with E-state index in [9.17, 15) is 13.2 Å². The van der Waals surface area contributed by atoms with Crippen LogP contribution in [0.1, 0.15) is 18.1 Å². The Labute approximate surface area is 136 Å². The molecule has 5 nitrogen and oxygen atoms in total. The maximum absolute atomic E-state index is 11.9. The minimum Gasteiger partial charge on any atom is -0.334 e. The van der Waals surface area contributed by atoms with Gasteiger partial charge < -0.3 is 10.6 Å². The van der Waals surface area contributed by atoms with Crippen molar-refractivity contribution >= 4 is 21.6 Å². The number of hydrogen-bond donors (Lipinski definition) is 2. The third kappa shape index (κ3) is 4.82. The third-order valence-electron chi connectivity index (χ3n) is 3.43. The fourth-order valence-corrected chi connectivity index (χ4v) is 2.86. The maximum atomic E-state index is 11.9. The number of anilines is 1. The van der Waals surface area contributed by atoms with Crippen LogP contribution in [0.4, 0.5) is 10.5 Å². The van der Waals surface area contributed by atoms with Gasteiger partial charge in [0, 0.05) is 12.2 Å². The lowest BCUT2D eigenvalue weighted by molar-refractivity contribution is 0.251. The van der Waals surface area contributed by atoms with Crippen molar-refractivity contribution < 1.29 is 13.2 Å². The zero-order valence-corrected chi connectivity index (χ0v) is 14.0. The van der Waals surface area contributed by atoms with Crippen LogP contribution < -0.4 is 10.6 Å². The monoisotopic (exact) mass is 332 g/mol. The SMILES string of the molecule is CCS(=O)(=O)c1ccc(NC(=O)NCc2ccc(C)cc2)cc1. The molecule has 0 spiro atoms. The number of amides is 2. The van der Waals surface area contributed by atoms with Crippen molar-refractivity contribution in [1.29, 1.82) is 0 Å². The molecule has 0 aromatic heterocycles. The van der Waals surface area contributed by atoms with Crippen LogP contribution in [0, 0.1) is 6.92 Å². The molecule has 2 aromatic rings. The lowest BCUT2D eigenvalue weighted by Crippen LogP contribution is -2.28. The number of hydrogen-bond acceptors (Lipinski definition) is 3. The van der Waals surface area contributed by atoms with Crippen LogP contribution in [0.25, 0.3) is 0 Å². The van der Waals surface area contributed by atoms with E-state index >= 15 is 0 Å². The standard InChI is InChI=1S/C17H20N2O3S/c1-3-23(21,22)16-10-8-15(9-11-16)19-17(20)18-12-14-6-4-13(2)5-7-14/h4-11H,3,12H2,1-2H3,(H2,18,19,20). The topological polar surface area (TPSA) is 75.3 Å². The van der Waals surface area contributed by atoms with Crippen molar-refractivity contribution in [3.63, 3.8) is 0 Å². The average molecular weight is 332 g/mol. The summed E-state index contributed by atoms with van der Waals surface area (Å²) in [6, 6.07) is 13.7. The highest BCUT2D eigenvalue weighted by Gasteiger charge is 2.11. The largest absolute Gasteiger partial charge is 0.334 e. The Balaban J connectivity index is 1.91.